The number of rotatable bonds is 14. The molecule has 0 saturated carbocycles. The third-order valence-corrected chi connectivity index (χ3v) is 5.54. The zero-order valence-corrected chi connectivity index (χ0v) is 24.3. The number of aryl methyl sites for hydroxylation is 1. The Morgan fingerprint density at radius 3 is 2.21 bits per heavy atom. The summed E-state index contributed by atoms with van der Waals surface area (Å²) in [7, 11) is 1.43. The van der Waals surface area contributed by atoms with E-state index in [0.29, 0.717) is 30.5 Å². The normalized spacial score (nSPS) is 12.5. The number of carboxylic acid groups (broad SMARTS) is 1. The van der Waals surface area contributed by atoms with Crippen LogP contribution >= 0.6 is 0 Å². The largest absolute Gasteiger partial charge is 0.481 e. The number of hydrogen-bond donors (Lipinski definition) is 5. The first kappa shape index (κ1) is 35.3. The molecule has 1 atom stereocenters. The predicted molar refractivity (Wildman–Crippen MR) is 152 cm³/mol. The molecule has 0 bridgehead atoms. The summed E-state index contributed by atoms with van der Waals surface area (Å²) >= 11 is 0. The van der Waals surface area contributed by atoms with Crippen molar-refractivity contribution in [2.24, 2.45) is 0 Å². The molecule has 1 aromatic rings. The number of nitrogens with zero attached hydrogens (tertiary/aromatic N) is 1. The predicted octanol–water partition coefficient (Wildman–Crippen LogP) is 1.24. The standard InChI is InChI=1S/C25H31N5O9.C3H8/c1-15(28-19(31)12-27-20(32)13-30-21(33)9-10-22(30)34)24(37)29-18-8-7-17(14-39-25(38)26-2)16(11-18)5-3-4-6-23(35)36;1-3-2/h7-11,15H,3-6,12-14H2,1-2H3,(H,26,38)(H,27,32)(H,28,31)(H,29,37)(H,35,36);3H2,1-2H3. The maximum atomic E-state index is 12.6. The molecule has 0 spiro atoms. The van der Waals surface area contributed by atoms with Crippen LogP contribution in [0.1, 0.15) is 57.6 Å². The lowest BCUT2D eigenvalue weighted by Gasteiger charge is -2.17. The van der Waals surface area contributed by atoms with E-state index in [0.717, 1.165) is 22.6 Å². The number of alkyl carbamates (subject to hydrolysis) is 1. The van der Waals surface area contributed by atoms with Gasteiger partial charge in [0.25, 0.3) is 11.8 Å². The van der Waals surface area contributed by atoms with Gasteiger partial charge in [-0.1, -0.05) is 26.3 Å². The van der Waals surface area contributed by atoms with E-state index in [-0.39, 0.29) is 13.0 Å². The number of benzene rings is 1. The summed E-state index contributed by atoms with van der Waals surface area (Å²) in [5.74, 6) is -4.07. The van der Waals surface area contributed by atoms with Gasteiger partial charge in [-0.2, -0.15) is 0 Å². The minimum atomic E-state index is -0.976. The second kappa shape index (κ2) is 18.6. The topological polar surface area (TPSA) is 200 Å². The molecular weight excluding hydrogens is 550 g/mol. The number of carboxylic acids is 1. The molecule has 0 fully saturated rings. The molecule has 1 heterocycles. The highest BCUT2D eigenvalue weighted by Crippen LogP contribution is 2.20. The minimum absolute atomic E-state index is 0.0169. The Morgan fingerprint density at radius 2 is 1.62 bits per heavy atom. The van der Waals surface area contributed by atoms with Crippen LogP contribution in [0.5, 0.6) is 0 Å². The van der Waals surface area contributed by atoms with Gasteiger partial charge in [0.15, 0.2) is 0 Å². The van der Waals surface area contributed by atoms with E-state index in [1.807, 2.05) is 0 Å². The average Bonchev–Trinajstić information content (AvgIpc) is 3.25. The Hall–Kier alpha value is -4.75. The van der Waals surface area contributed by atoms with Crippen molar-refractivity contribution in [3.63, 3.8) is 0 Å². The maximum Gasteiger partial charge on any atom is 0.407 e. The number of carbonyl (C=O) groups excluding carboxylic acids is 6. The van der Waals surface area contributed by atoms with Crippen molar-refractivity contribution in [3.05, 3.63) is 41.5 Å². The summed E-state index contributed by atoms with van der Waals surface area (Å²) in [6.07, 6.45) is 4.23. The number of hydrogen-bond acceptors (Lipinski definition) is 8. The molecule has 0 saturated heterocycles. The second-order valence-corrected chi connectivity index (χ2v) is 9.27. The Bertz CT molecular complexity index is 1160. The summed E-state index contributed by atoms with van der Waals surface area (Å²) in [6.45, 7) is 4.68. The van der Waals surface area contributed by atoms with Crippen molar-refractivity contribution < 1.29 is 43.4 Å². The third-order valence-electron chi connectivity index (χ3n) is 5.54. The Kier molecular flexibility index (Phi) is 15.6. The fourth-order valence-corrected chi connectivity index (χ4v) is 3.46. The van der Waals surface area contributed by atoms with E-state index in [1.165, 1.54) is 20.4 Å². The summed E-state index contributed by atoms with van der Waals surface area (Å²) in [6, 6.07) is 3.99. The van der Waals surface area contributed by atoms with Crippen LogP contribution in [0.4, 0.5) is 10.5 Å². The lowest BCUT2D eigenvalue weighted by Crippen LogP contribution is -2.47. The Morgan fingerprint density at radius 1 is 0.976 bits per heavy atom. The van der Waals surface area contributed by atoms with Crippen LogP contribution < -0.4 is 21.3 Å². The number of carbonyl (C=O) groups is 7. The quantitative estimate of drug-likeness (QED) is 0.156. The van der Waals surface area contributed by atoms with Gasteiger partial charge >= 0.3 is 12.1 Å². The van der Waals surface area contributed by atoms with Gasteiger partial charge in [-0.25, -0.2) is 4.79 Å². The molecule has 5 N–H and O–H groups in total. The van der Waals surface area contributed by atoms with E-state index in [4.69, 9.17) is 9.84 Å². The van der Waals surface area contributed by atoms with Gasteiger partial charge in [0.1, 0.15) is 19.2 Å². The van der Waals surface area contributed by atoms with E-state index in [9.17, 15) is 33.6 Å². The van der Waals surface area contributed by atoms with E-state index in [1.54, 1.807) is 18.2 Å². The molecular formula is C28H39N5O9. The SMILES string of the molecule is CCC.CNC(=O)OCc1ccc(NC(=O)C(C)NC(=O)CNC(=O)CN2C(=O)C=CC2=O)cc1CCCCC(=O)O. The molecule has 1 aliphatic heterocycles. The highest BCUT2D eigenvalue weighted by molar-refractivity contribution is 6.14. The van der Waals surface area contributed by atoms with Crippen molar-refractivity contribution in [2.45, 2.75) is 65.5 Å². The lowest BCUT2D eigenvalue weighted by molar-refractivity contribution is -0.141. The third kappa shape index (κ3) is 13.1. The summed E-state index contributed by atoms with van der Waals surface area (Å²) in [5.41, 5.74) is 1.86. The van der Waals surface area contributed by atoms with Crippen LogP contribution in [0.2, 0.25) is 0 Å². The molecule has 6 amide bonds. The highest BCUT2D eigenvalue weighted by Gasteiger charge is 2.26. The summed E-state index contributed by atoms with van der Waals surface area (Å²) in [5, 5.41) is 18.6. The number of unbranched alkanes of at least 4 members (excludes halogenated alkanes) is 1. The van der Waals surface area contributed by atoms with Crippen molar-refractivity contribution in [1.29, 1.82) is 0 Å². The minimum Gasteiger partial charge on any atom is -0.481 e. The molecule has 230 valence electrons. The van der Waals surface area contributed by atoms with Crippen LogP contribution in [0.3, 0.4) is 0 Å². The molecule has 14 heteroatoms. The van der Waals surface area contributed by atoms with Crippen molar-refractivity contribution in [2.75, 3.05) is 25.5 Å². The molecule has 1 aromatic carbocycles. The molecule has 0 radical (unpaired) electrons. The molecule has 1 aliphatic rings. The maximum absolute atomic E-state index is 12.6. The van der Waals surface area contributed by atoms with E-state index < -0.39 is 60.7 Å². The molecule has 0 aromatic heterocycles. The van der Waals surface area contributed by atoms with Crippen molar-refractivity contribution >= 4 is 47.3 Å². The number of imide groups is 1. The first-order chi connectivity index (χ1) is 19.9. The van der Waals surface area contributed by atoms with Crippen LogP contribution in [0.15, 0.2) is 30.4 Å². The lowest BCUT2D eigenvalue weighted by atomic mass is 10.0. The van der Waals surface area contributed by atoms with Crippen LogP contribution in [-0.2, 0) is 46.5 Å². The molecule has 0 aliphatic carbocycles. The van der Waals surface area contributed by atoms with Crippen LogP contribution in [0, 0.1) is 0 Å². The van der Waals surface area contributed by atoms with Gasteiger partial charge in [-0.15, -0.1) is 0 Å². The smallest absolute Gasteiger partial charge is 0.407 e. The Balaban J connectivity index is 0.00000281. The number of anilines is 1. The summed E-state index contributed by atoms with van der Waals surface area (Å²) < 4.78 is 5.10. The second-order valence-electron chi connectivity index (χ2n) is 9.27. The van der Waals surface area contributed by atoms with Gasteiger partial charge < -0.3 is 31.1 Å². The van der Waals surface area contributed by atoms with Crippen LogP contribution in [-0.4, -0.2) is 77.8 Å². The fraction of sp³-hybridized carbons (Fsp3) is 0.464. The number of ether oxygens (including phenoxy) is 1. The van der Waals surface area contributed by atoms with Gasteiger partial charge in [-0.05, 0) is 49.4 Å². The van der Waals surface area contributed by atoms with Crippen LogP contribution in [0.25, 0.3) is 0 Å². The fourth-order valence-electron chi connectivity index (χ4n) is 3.46. The first-order valence-corrected chi connectivity index (χ1v) is 13.5. The zero-order chi connectivity index (χ0) is 31.7. The number of amides is 6. The molecule has 2 rings (SSSR count). The number of nitrogens with one attached hydrogen (secondary N) is 4. The highest BCUT2D eigenvalue weighted by atomic mass is 16.5. The molecule has 14 nitrogen and oxygen atoms in total. The average molecular weight is 590 g/mol. The van der Waals surface area contributed by atoms with Gasteiger partial charge in [0.05, 0.1) is 6.54 Å². The number of aliphatic carboxylic acids is 1. The molecule has 42 heavy (non-hydrogen) atoms. The van der Waals surface area contributed by atoms with E-state index >= 15 is 0 Å². The van der Waals surface area contributed by atoms with Gasteiger partial charge in [-0.3, -0.25) is 33.7 Å². The van der Waals surface area contributed by atoms with Gasteiger partial charge in [0.2, 0.25) is 17.7 Å². The Labute approximate surface area is 244 Å². The molecule has 1 unspecified atom stereocenters. The van der Waals surface area contributed by atoms with Crippen molar-refractivity contribution in [3.8, 4) is 0 Å². The summed E-state index contributed by atoms with van der Waals surface area (Å²) in [4.78, 5) is 82.7. The van der Waals surface area contributed by atoms with E-state index in [2.05, 4.69) is 35.1 Å². The first-order valence-electron chi connectivity index (χ1n) is 13.5. The monoisotopic (exact) mass is 589 g/mol. The van der Waals surface area contributed by atoms with Gasteiger partial charge in [0, 0.05) is 31.3 Å². The zero-order valence-electron chi connectivity index (χ0n) is 24.3. The van der Waals surface area contributed by atoms with Crippen molar-refractivity contribution in [1.82, 2.24) is 20.9 Å².